The molecule has 3 N–H and O–H groups in total. The van der Waals surface area contributed by atoms with E-state index in [1.807, 2.05) is 60.7 Å². The van der Waals surface area contributed by atoms with Gasteiger partial charge >= 0.3 is 0 Å². The molecule has 1 saturated carbocycles. The van der Waals surface area contributed by atoms with Gasteiger partial charge in [-0.1, -0.05) is 24.3 Å². The zero-order chi connectivity index (χ0) is 27.6. The molecule has 1 saturated heterocycles. The Labute approximate surface area is 233 Å². The van der Waals surface area contributed by atoms with Crippen LogP contribution in [0, 0.1) is 23.2 Å². The number of hydrogen-bond acceptors (Lipinski definition) is 6. The number of carbonyl (C=O) groups is 2. The molecular weight excluding hydrogens is 504 g/mol. The van der Waals surface area contributed by atoms with Crippen molar-refractivity contribution < 1.29 is 14.3 Å². The number of hydrogen-bond donors (Lipinski definition) is 2. The van der Waals surface area contributed by atoms with Crippen molar-refractivity contribution in [1.29, 1.82) is 5.26 Å². The summed E-state index contributed by atoms with van der Waals surface area (Å²) in [6, 6.07) is 19.1. The predicted molar refractivity (Wildman–Crippen MR) is 150 cm³/mol. The van der Waals surface area contributed by atoms with Crippen LogP contribution in [0.15, 0.2) is 66.2 Å². The molecule has 9 nitrogen and oxygen atoms in total. The number of nitrogens with zero attached hydrogens (tertiary/aromatic N) is 4. The van der Waals surface area contributed by atoms with Gasteiger partial charge in [-0.05, 0) is 80.3 Å². The number of fused-ring (bicyclic) bond motifs is 1. The lowest BCUT2D eigenvalue weighted by Gasteiger charge is -2.37. The monoisotopic (exact) mass is 536 g/mol. The van der Waals surface area contributed by atoms with E-state index in [0.29, 0.717) is 48.6 Å². The number of rotatable bonds is 7. The highest BCUT2D eigenvalue weighted by Gasteiger charge is 2.37. The minimum atomic E-state index is -0.543. The Hall–Kier alpha value is -4.58. The van der Waals surface area contributed by atoms with E-state index in [4.69, 9.17) is 15.5 Å². The zero-order valence-corrected chi connectivity index (χ0v) is 22.3. The van der Waals surface area contributed by atoms with Gasteiger partial charge in [0.2, 0.25) is 0 Å². The summed E-state index contributed by atoms with van der Waals surface area (Å²) >= 11 is 0. The van der Waals surface area contributed by atoms with E-state index < -0.39 is 5.91 Å². The summed E-state index contributed by atoms with van der Waals surface area (Å²) in [6.07, 6.45) is 6.47. The quantitative estimate of drug-likeness (QED) is 0.336. The number of para-hydroxylation sites is 1. The highest BCUT2D eigenvalue weighted by Crippen LogP contribution is 2.39. The van der Waals surface area contributed by atoms with E-state index in [2.05, 4.69) is 11.5 Å². The van der Waals surface area contributed by atoms with Crippen LogP contribution in [0.4, 0.5) is 0 Å². The molecule has 204 valence electrons. The Bertz CT molecular complexity index is 1480. The van der Waals surface area contributed by atoms with E-state index in [-0.39, 0.29) is 17.4 Å². The predicted octanol–water partition coefficient (Wildman–Crippen LogP) is 4.57. The van der Waals surface area contributed by atoms with Crippen molar-refractivity contribution in [2.24, 2.45) is 17.6 Å². The highest BCUT2D eigenvalue weighted by atomic mass is 16.5. The van der Waals surface area contributed by atoms with Crippen molar-refractivity contribution in [3.05, 3.63) is 77.8 Å². The zero-order valence-electron chi connectivity index (χ0n) is 22.3. The van der Waals surface area contributed by atoms with Gasteiger partial charge in [-0.3, -0.25) is 9.59 Å². The molecule has 1 aromatic heterocycles. The smallest absolute Gasteiger partial charge is 0.269 e. The minimum absolute atomic E-state index is 0.128. The van der Waals surface area contributed by atoms with Crippen molar-refractivity contribution in [2.75, 3.05) is 25.1 Å². The Balaban J connectivity index is 1.20. The van der Waals surface area contributed by atoms with Crippen molar-refractivity contribution in [3.8, 4) is 28.8 Å². The number of imidazole rings is 1. The van der Waals surface area contributed by atoms with Crippen LogP contribution >= 0.6 is 0 Å². The molecule has 2 aliphatic heterocycles. The number of aromatic nitrogens is 2. The number of primary amides is 1. The summed E-state index contributed by atoms with van der Waals surface area (Å²) in [5, 5.41) is 9.49. The van der Waals surface area contributed by atoms with Crippen LogP contribution in [-0.4, -0.2) is 46.0 Å². The Kier molecular flexibility index (Phi) is 6.99. The largest absolute Gasteiger partial charge is 0.457 e. The maximum Gasteiger partial charge on any atom is 0.269 e. The minimum Gasteiger partial charge on any atom is -0.457 e. The number of benzene rings is 2. The molecule has 0 radical (unpaired) electrons. The average Bonchev–Trinajstić information content (AvgIpc) is 3.72. The molecule has 3 heterocycles. The van der Waals surface area contributed by atoms with Crippen LogP contribution in [0.25, 0.3) is 11.3 Å². The molecule has 2 fully saturated rings. The number of likely N-dealkylation sites (tertiary alicyclic amines) is 1. The molecule has 1 unspecified atom stereocenters. The number of nitrogens with one attached hydrogen (secondary N) is 1. The summed E-state index contributed by atoms with van der Waals surface area (Å²) in [4.78, 5) is 32.3. The number of piperidine rings is 1. The van der Waals surface area contributed by atoms with Gasteiger partial charge in [0.15, 0.2) is 5.69 Å². The van der Waals surface area contributed by atoms with Gasteiger partial charge in [0, 0.05) is 31.1 Å². The number of amides is 2. The number of nitriles is 1. The first kappa shape index (κ1) is 25.7. The van der Waals surface area contributed by atoms with Crippen LogP contribution in [0.2, 0.25) is 0 Å². The Morgan fingerprint density at radius 3 is 2.35 bits per heavy atom. The third-order valence-electron chi connectivity index (χ3n) is 8.07. The molecule has 6 rings (SSSR count). The van der Waals surface area contributed by atoms with Gasteiger partial charge in [0.1, 0.15) is 34.7 Å². The second-order valence-corrected chi connectivity index (χ2v) is 10.8. The third-order valence-corrected chi connectivity index (χ3v) is 8.07. The number of carbonyl (C=O) groups excluding carboxylic acids is 2. The standard InChI is InChI=1S/C31H32N6O3/c32-19-23(18-20-6-7-20)31(39)36-16-13-21(14-17-36)26-12-15-34-37-28(29(33)38)27(35-30(26)37)22-8-10-25(11-9-22)40-24-4-2-1-3-5-24/h1-5,8-11,18,20-21,26,34H,6-7,12-17H2,(H2,33,38)/b23-18+. The number of allylic oxidation sites excluding steroid dienone is 1. The lowest BCUT2D eigenvalue weighted by Crippen LogP contribution is -2.42. The summed E-state index contributed by atoms with van der Waals surface area (Å²) in [6.45, 7) is 1.91. The van der Waals surface area contributed by atoms with Crippen LogP contribution in [0.3, 0.4) is 0 Å². The first-order chi connectivity index (χ1) is 19.5. The summed E-state index contributed by atoms with van der Waals surface area (Å²) < 4.78 is 7.68. The molecule has 1 aliphatic carbocycles. The molecule has 9 heteroatoms. The first-order valence-electron chi connectivity index (χ1n) is 13.9. The molecule has 3 aromatic rings. The Morgan fingerprint density at radius 2 is 1.70 bits per heavy atom. The highest BCUT2D eigenvalue weighted by molar-refractivity contribution is 5.98. The average molecular weight is 537 g/mol. The Morgan fingerprint density at radius 1 is 1.00 bits per heavy atom. The fourth-order valence-corrected chi connectivity index (χ4v) is 5.82. The number of nitrogens with two attached hydrogens (primary N) is 1. The van der Waals surface area contributed by atoms with E-state index in [0.717, 1.165) is 49.2 Å². The number of ether oxygens (including phenoxy) is 1. The van der Waals surface area contributed by atoms with Crippen LogP contribution in [0.5, 0.6) is 11.5 Å². The molecule has 40 heavy (non-hydrogen) atoms. The van der Waals surface area contributed by atoms with E-state index >= 15 is 0 Å². The van der Waals surface area contributed by atoms with Crippen LogP contribution in [0.1, 0.15) is 54.3 Å². The lowest BCUT2D eigenvalue weighted by molar-refractivity contribution is -0.128. The molecular formula is C31H32N6O3. The summed E-state index contributed by atoms with van der Waals surface area (Å²) in [5.41, 5.74) is 11.1. The normalized spacial score (nSPS) is 19.3. The molecule has 0 bridgehead atoms. The maximum atomic E-state index is 12.9. The van der Waals surface area contributed by atoms with Gasteiger partial charge in [0.25, 0.3) is 11.8 Å². The third kappa shape index (κ3) is 5.17. The maximum absolute atomic E-state index is 12.9. The van der Waals surface area contributed by atoms with Crippen LogP contribution in [-0.2, 0) is 4.79 Å². The fraction of sp³-hybridized carbons (Fsp3) is 0.355. The van der Waals surface area contributed by atoms with E-state index in [9.17, 15) is 14.9 Å². The topological polar surface area (TPSA) is 126 Å². The van der Waals surface area contributed by atoms with E-state index in [1.165, 1.54) is 0 Å². The van der Waals surface area contributed by atoms with Crippen molar-refractivity contribution in [2.45, 2.75) is 38.0 Å². The molecule has 3 aliphatic rings. The first-order valence-corrected chi connectivity index (χ1v) is 13.9. The van der Waals surface area contributed by atoms with Gasteiger partial charge in [-0.15, -0.1) is 0 Å². The van der Waals surface area contributed by atoms with Crippen molar-refractivity contribution in [1.82, 2.24) is 14.6 Å². The molecule has 0 spiro atoms. The van der Waals surface area contributed by atoms with Gasteiger partial charge in [-0.2, -0.15) is 5.26 Å². The van der Waals surface area contributed by atoms with E-state index in [1.54, 1.807) is 9.58 Å². The molecule has 1 atom stereocenters. The molecule has 2 aromatic carbocycles. The summed E-state index contributed by atoms with van der Waals surface area (Å²) in [5.74, 6) is 2.35. The second kappa shape index (κ2) is 10.9. The SMILES string of the molecule is N#C/C(=C\C1CC1)C(=O)N1CCC(C2CCNn3c2nc(-c2ccc(Oc4ccccc4)cc2)c3C(N)=O)CC1. The van der Waals surface area contributed by atoms with Gasteiger partial charge < -0.3 is 20.8 Å². The van der Waals surface area contributed by atoms with Crippen molar-refractivity contribution in [3.63, 3.8) is 0 Å². The fourth-order valence-electron chi connectivity index (χ4n) is 5.82. The summed E-state index contributed by atoms with van der Waals surface area (Å²) in [7, 11) is 0. The lowest BCUT2D eigenvalue weighted by atomic mass is 9.81. The van der Waals surface area contributed by atoms with Gasteiger partial charge in [-0.25, -0.2) is 9.66 Å². The van der Waals surface area contributed by atoms with Crippen molar-refractivity contribution >= 4 is 11.8 Å². The van der Waals surface area contributed by atoms with Gasteiger partial charge in [0.05, 0.1) is 0 Å². The van der Waals surface area contributed by atoms with Crippen LogP contribution < -0.4 is 15.9 Å². The second-order valence-electron chi connectivity index (χ2n) is 10.8. The molecule has 2 amide bonds.